The van der Waals surface area contributed by atoms with Gasteiger partial charge < -0.3 is 25.3 Å². The number of hydrogen-bond acceptors (Lipinski definition) is 6. The number of piperazine rings is 1. The Kier molecular flexibility index (Phi) is 8.12. The molecule has 3 amide bonds. The third kappa shape index (κ3) is 6.23. The molecule has 2 N–H and O–H groups in total. The molecular weight excluding hydrogens is 499 g/mol. The zero-order valence-electron chi connectivity index (χ0n) is 21.6. The number of aromatic nitrogens is 1. The molecule has 9 nitrogen and oxygen atoms in total. The third-order valence-electron chi connectivity index (χ3n) is 7.06. The molecule has 2 aromatic carbocycles. The predicted octanol–water partition coefficient (Wildman–Crippen LogP) is 2.87. The standard InChI is InChI=1S/C29H31FN6O3/c30-24-5-2-21(3-6-24)27(37)33-25-20-23(29(39)35-14-1-10-31-13-15-35)4-7-26(25)34-16-18-36(19-17-34)28(38)22-8-11-32-12-9-22/h2-9,11-12,20,31H,1,10,13-19H2,(H,33,37). The quantitative estimate of drug-likeness (QED) is 0.527. The van der Waals surface area contributed by atoms with E-state index in [-0.39, 0.29) is 11.8 Å². The second-order valence-electron chi connectivity index (χ2n) is 9.60. The Morgan fingerprint density at radius 1 is 0.744 bits per heavy atom. The SMILES string of the molecule is O=C(Nc1cc(C(=O)N2CCCNCC2)ccc1N1CCN(C(=O)c2ccncc2)CC1)c1ccc(F)cc1. The molecule has 202 valence electrons. The van der Waals surface area contributed by atoms with Crippen molar-refractivity contribution in [1.82, 2.24) is 20.1 Å². The van der Waals surface area contributed by atoms with Crippen molar-refractivity contribution < 1.29 is 18.8 Å². The van der Waals surface area contributed by atoms with Crippen LogP contribution in [0, 0.1) is 5.82 Å². The molecule has 3 heterocycles. The summed E-state index contributed by atoms with van der Waals surface area (Å²) in [5.74, 6) is -0.956. The largest absolute Gasteiger partial charge is 0.366 e. The summed E-state index contributed by atoms with van der Waals surface area (Å²) in [5.41, 5.74) is 2.65. The number of amides is 3. The van der Waals surface area contributed by atoms with Gasteiger partial charge in [-0.2, -0.15) is 0 Å². The molecule has 5 rings (SSSR count). The molecule has 2 saturated heterocycles. The van der Waals surface area contributed by atoms with Crippen LogP contribution in [0.25, 0.3) is 0 Å². The number of rotatable bonds is 5. The van der Waals surface area contributed by atoms with Crippen LogP contribution in [0.4, 0.5) is 15.8 Å². The summed E-state index contributed by atoms with van der Waals surface area (Å²) in [4.78, 5) is 49.0. The molecule has 0 spiro atoms. The summed E-state index contributed by atoms with van der Waals surface area (Å²) in [7, 11) is 0. The molecular formula is C29H31FN6O3. The van der Waals surface area contributed by atoms with Crippen LogP contribution in [0.5, 0.6) is 0 Å². The zero-order valence-corrected chi connectivity index (χ0v) is 21.6. The highest BCUT2D eigenvalue weighted by atomic mass is 19.1. The van der Waals surface area contributed by atoms with Crippen molar-refractivity contribution in [3.8, 4) is 0 Å². The maximum atomic E-state index is 13.4. The van der Waals surface area contributed by atoms with Gasteiger partial charge in [-0.3, -0.25) is 19.4 Å². The van der Waals surface area contributed by atoms with E-state index in [1.165, 1.54) is 24.3 Å². The lowest BCUT2D eigenvalue weighted by Gasteiger charge is -2.37. The number of hydrogen-bond donors (Lipinski definition) is 2. The van der Waals surface area contributed by atoms with Crippen molar-refractivity contribution >= 4 is 29.1 Å². The Morgan fingerprint density at radius 3 is 2.15 bits per heavy atom. The smallest absolute Gasteiger partial charge is 0.255 e. The number of carbonyl (C=O) groups is 3. The van der Waals surface area contributed by atoms with Crippen molar-refractivity contribution in [2.24, 2.45) is 0 Å². The van der Waals surface area contributed by atoms with E-state index < -0.39 is 11.7 Å². The van der Waals surface area contributed by atoms with Crippen LogP contribution in [-0.2, 0) is 0 Å². The molecule has 0 unspecified atom stereocenters. The number of anilines is 2. The van der Waals surface area contributed by atoms with Gasteiger partial charge in [0.05, 0.1) is 11.4 Å². The average Bonchev–Trinajstić information content (AvgIpc) is 3.27. The molecule has 39 heavy (non-hydrogen) atoms. The van der Waals surface area contributed by atoms with Crippen molar-refractivity contribution in [3.05, 3.63) is 89.5 Å². The molecule has 2 aliphatic heterocycles. The fourth-order valence-electron chi connectivity index (χ4n) is 4.90. The van der Waals surface area contributed by atoms with Crippen molar-refractivity contribution in [2.45, 2.75) is 6.42 Å². The predicted molar refractivity (Wildman–Crippen MR) is 147 cm³/mol. The zero-order chi connectivity index (χ0) is 27.2. The summed E-state index contributed by atoms with van der Waals surface area (Å²) in [6.07, 6.45) is 4.08. The maximum absolute atomic E-state index is 13.4. The molecule has 0 aliphatic carbocycles. The maximum Gasteiger partial charge on any atom is 0.255 e. The lowest BCUT2D eigenvalue weighted by molar-refractivity contribution is 0.0743. The summed E-state index contributed by atoms with van der Waals surface area (Å²) >= 11 is 0. The molecule has 0 bridgehead atoms. The Balaban J connectivity index is 1.37. The van der Waals surface area contributed by atoms with Gasteiger partial charge >= 0.3 is 0 Å². The molecule has 0 atom stereocenters. The lowest BCUT2D eigenvalue weighted by atomic mass is 10.1. The minimum atomic E-state index is -0.425. The topological polar surface area (TPSA) is 97.9 Å². The van der Waals surface area contributed by atoms with Crippen LogP contribution in [0.1, 0.15) is 37.5 Å². The van der Waals surface area contributed by atoms with E-state index in [0.29, 0.717) is 61.6 Å². The van der Waals surface area contributed by atoms with Gasteiger partial charge in [0.1, 0.15) is 5.82 Å². The molecule has 0 saturated carbocycles. The van der Waals surface area contributed by atoms with Crippen LogP contribution in [0.15, 0.2) is 67.0 Å². The number of halogens is 1. The van der Waals surface area contributed by atoms with E-state index in [0.717, 1.165) is 25.2 Å². The van der Waals surface area contributed by atoms with Crippen molar-refractivity contribution in [2.75, 3.05) is 62.6 Å². The fraction of sp³-hybridized carbons (Fsp3) is 0.310. The summed E-state index contributed by atoms with van der Waals surface area (Å²) < 4.78 is 13.4. The first-order valence-electron chi connectivity index (χ1n) is 13.1. The Morgan fingerprint density at radius 2 is 1.41 bits per heavy atom. The first kappa shape index (κ1) is 26.3. The van der Waals surface area contributed by atoms with Crippen LogP contribution in [0.2, 0.25) is 0 Å². The monoisotopic (exact) mass is 530 g/mol. The van der Waals surface area contributed by atoms with Crippen LogP contribution in [-0.4, -0.2) is 84.9 Å². The molecule has 2 aliphatic rings. The number of nitrogens with one attached hydrogen (secondary N) is 2. The normalized spacial score (nSPS) is 16.0. The minimum Gasteiger partial charge on any atom is -0.366 e. The van der Waals surface area contributed by atoms with Gasteiger partial charge in [-0.1, -0.05) is 0 Å². The number of carbonyl (C=O) groups excluding carboxylic acids is 3. The van der Waals surface area contributed by atoms with Crippen LogP contribution >= 0.6 is 0 Å². The van der Waals surface area contributed by atoms with E-state index in [1.807, 2.05) is 11.0 Å². The molecule has 0 radical (unpaired) electrons. The first-order valence-corrected chi connectivity index (χ1v) is 13.1. The highest BCUT2D eigenvalue weighted by molar-refractivity contribution is 6.07. The van der Waals surface area contributed by atoms with Gasteiger partial charge in [-0.05, 0) is 67.6 Å². The summed E-state index contributed by atoms with van der Waals surface area (Å²) in [6, 6.07) is 14.1. The summed E-state index contributed by atoms with van der Waals surface area (Å²) in [5, 5.41) is 6.24. The van der Waals surface area contributed by atoms with Crippen LogP contribution in [0.3, 0.4) is 0 Å². The molecule has 10 heteroatoms. The van der Waals surface area contributed by atoms with Gasteiger partial charge in [-0.15, -0.1) is 0 Å². The van der Waals surface area contributed by atoms with Crippen molar-refractivity contribution in [3.63, 3.8) is 0 Å². The van der Waals surface area contributed by atoms with E-state index in [1.54, 1.807) is 41.6 Å². The molecule has 3 aromatic rings. The van der Waals surface area contributed by atoms with Gasteiger partial charge in [0.15, 0.2) is 0 Å². The highest BCUT2D eigenvalue weighted by Gasteiger charge is 2.25. The number of benzene rings is 2. The highest BCUT2D eigenvalue weighted by Crippen LogP contribution is 2.30. The molecule has 1 aromatic heterocycles. The second kappa shape index (κ2) is 12.0. The van der Waals surface area contributed by atoms with Gasteiger partial charge in [0, 0.05) is 74.9 Å². The van der Waals surface area contributed by atoms with E-state index in [4.69, 9.17) is 0 Å². The van der Waals surface area contributed by atoms with E-state index in [2.05, 4.69) is 20.5 Å². The van der Waals surface area contributed by atoms with Crippen molar-refractivity contribution in [1.29, 1.82) is 0 Å². The Hall–Kier alpha value is -4.31. The fourth-order valence-corrected chi connectivity index (χ4v) is 4.90. The average molecular weight is 531 g/mol. The van der Waals surface area contributed by atoms with Gasteiger partial charge in [-0.25, -0.2) is 4.39 Å². The Labute approximate surface area is 226 Å². The number of pyridine rings is 1. The third-order valence-corrected chi connectivity index (χ3v) is 7.06. The van der Waals surface area contributed by atoms with E-state index >= 15 is 0 Å². The second-order valence-corrected chi connectivity index (χ2v) is 9.60. The lowest BCUT2D eigenvalue weighted by Crippen LogP contribution is -2.49. The van der Waals surface area contributed by atoms with Crippen LogP contribution < -0.4 is 15.5 Å². The first-order chi connectivity index (χ1) is 19.0. The number of nitrogens with zero attached hydrogens (tertiary/aromatic N) is 4. The Bertz CT molecular complexity index is 1320. The summed E-state index contributed by atoms with van der Waals surface area (Å²) in [6.45, 7) is 5.02. The minimum absolute atomic E-state index is 0.0465. The molecule has 2 fully saturated rings. The van der Waals surface area contributed by atoms with E-state index in [9.17, 15) is 18.8 Å². The van der Waals surface area contributed by atoms with Gasteiger partial charge in [0.2, 0.25) is 0 Å². The van der Waals surface area contributed by atoms with Gasteiger partial charge in [0.25, 0.3) is 17.7 Å².